The number of nitrogens with one attached hydrogen (secondary N) is 1. The number of likely N-dealkylation sites (tertiary alicyclic amines) is 1. The Balaban J connectivity index is 1.49. The molecule has 1 amide bonds. The van der Waals surface area contributed by atoms with Gasteiger partial charge in [0.25, 0.3) is 0 Å². The number of piperidine rings is 1. The van der Waals surface area contributed by atoms with Crippen molar-refractivity contribution in [3.8, 4) is 0 Å². The van der Waals surface area contributed by atoms with Crippen molar-refractivity contribution in [1.82, 2.24) is 25.0 Å². The van der Waals surface area contributed by atoms with Crippen molar-refractivity contribution in [2.24, 2.45) is 5.92 Å². The molecule has 3 rings (SSSR count). The van der Waals surface area contributed by atoms with E-state index in [1.807, 2.05) is 23.7 Å². The van der Waals surface area contributed by atoms with E-state index in [1.165, 1.54) is 0 Å². The van der Waals surface area contributed by atoms with E-state index in [2.05, 4.69) is 20.3 Å². The standard InChI is InChI=1S/C16H23N5O2/c1-13(16(22)18-8-15-5-3-7-23-15)20-6-2-4-14(9-20)10-21-12-17-11-19-21/h3,5,7,11-14H,2,4,6,8-10H2,1H3,(H,18,22)/t13-,14-/m1/s1. The van der Waals surface area contributed by atoms with Gasteiger partial charge in [-0.1, -0.05) is 0 Å². The summed E-state index contributed by atoms with van der Waals surface area (Å²) in [5, 5.41) is 7.11. The van der Waals surface area contributed by atoms with Crippen molar-refractivity contribution < 1.29 is 9.21 Å². The maximum Gasteiger partial charge on any atom is 0.237 e. The van der Waals surface area contributed by atoms with Crippen molar-refractivity contribution in [3.05, 3.63) is 36.8 Å². The molecule has 2 aromatic heterocycles. The molecule has 2 aromatic rings. The predicted octanol–water partition coefficient (Wildman–Crippen LogP) is 1.29. The number of rotatable bonds is 6. The summed E-state index contributed by atoms with van der Waals surface area (Å²) in [6.07, 6.45) is 7.19. The Bertz CT molecular complexity index is 596. The van der Waals surface area contributed by atoms with Gasteiger partial charge in [-0.05, 0) is 44.4 Å². The van der Waals surface area contributed by atoms with E-state index in [4.69, 9.17) is 4.42 Å². The van der Waals surface area contributed by atoms with Crippen LogP contribution in [0.2, 0.25) is 0 Å². The molecule has 0 radical (unpaired) electrons. The van der Waals surface area contributed by atoms with Gasteiger partial charge >= 0.3 is 0 Å². The Morgan fingerprint density at radius 3 is 3.22 bits per heavy atom. The third kappa shape index (κ3) is 4.19. The molecule has 0 bridgehead atoms. The summed E-state index contributed by atoms with van der Waals surface area (Å²) in [6, 6.07) is 3.55. The Morgan fingerprint density at radius 2 is 2.48 bits per heavy atom. The first-order valence-corrected chi connectivity index (χ1v) is 8.09. The number of nitrogens with zero attached hydrogens (tertiary/aromatic N) is 4. The van der Waals surface area contributed by atoms with Gasteiger partial charge in [-0.2, -0.15) is 5.10 Å². The lowest BCUT2D eigenvalue weighted by Gasteiger charge is -2.36. The molecule has 1 aliphatic heterocycles. The van der Waals surface area contributed by atoms with Crippen molar-refractivity contribution >= 4 is 5.91 Å². The molecule has 0 aliphatic carbocycles. The monoisotopic (exact) mass is 317 g/mol. The zero-order chi connectivity index (χ0) is 16.1. The van der Waals surface area contributed by atoms with E-state index in [1.54, 1.807) is 18.9 Å². The molecule has 1 N–H and O–H groups in total. The number of amides is 1. The van der Waals surface area contributed by atoms with Gasteiger partial charge < -0.3 is 9.73 Å². The van der Waals surface area contributed by atoms with Crippen molar-refractivity contribution in [2.75, 3.05) is 13.1 Å². The first-order valence-electron chi connectivity index (χ1n) is 8.09. The molecule has 0 unspecified atom stereocenters. The zero-order valence-corrected chi connectivity index (χ0v) is 13.4. The Morgan fingerprint density at radius 1 is 1.57 bits per heavy atom. The maximum absolute atomic E-state index is 12.3. The van der Waals surface area contributed by atoms with Gasteiger partial charge in [-0.25, -0.2) is 4.98 Å². The minimum absolute atomic E-state index is 0.0443. The van der Waals surface area contributed by atoms with Crippen molar-refractivity contribution in [1.29, 1.82) is 0 Å². The van der Waals surface area contributed by atoms with E-state index in [0.717, 1.165) is 38.2 Å². The minimum Gasteiger partial charge on any atom is -0.467 e. The summed E-state index contributed by atoms with van der Waals surface area (Å²) >= 11 is 0. The molecular formula is C16H23N5O2. The van der Waals surface area contributed by atoms with Crippen LogP contribution in [0.3, 0.4) is 0 Å². The quantitative estimate of drug-likeness (QED) is 0.869. The molecule has 124 valence electrons. The summed E-state index contributed by atoms with van der Waals surface area (Å²) in [6.45, 7) is 5.14. The average Bonchev–Trinajstić information content (AvgIpc) is 3.25. The van der Waals surface area contributed by atoms with Crippen LogP contribution in [0.4, 0.5) is 0 Å². The third-order valence-electron chi connectivity index (χ3n) is 4.41. The van der Waals surface area contributed by atoms with Gasteiger partial charge in [0.05, 0.1) is 18.8 Å². The summed E-state index contributed by atoms with van der Waals surface area (Å²) in [5.41, 5.74) is 0. The fourth-order valence-electron chi connectivity index (χ4n) is 3.09. The smallest absolute Gasteiger partial charge is 0.237 e. The fourth-order valence-corrected chi connectivity index (χ4v) is 3.09. The summed E-state index contributed by atoms with van der Waals surface area (Å²) in [7, 11) is 0. The topological polar surface area (TPSA) is 76.2 Å². The first-order chi connectivity index (χ1) is 11.2. The van der Waals surface area contributed by atoms with E-state index in [9.17, 15) is 4.79 Å². The summed E-state index contributed by atoms with van der Waals surface area (Å²) in [5.74, 6) is 1.32. The molecule has 3 heterocycles. The minimum atomic E-state index is -0.136. The second-order valence-corrected chi connectivity index (χ2v) is 6.09. The van der Waals surface area contributed by atoms with Crippen LogP contribution >= 0.6 is 0 Å². The van der Waals surface area contributed by atoms with Crippen LogP contribution in [0, 0.1) is 5.92 Å². The van der Waals surface area contributed by atoms with E-state index in [-0.39, 0.29) is 11.9 Å². The molecule has 23 heavy (non-hydrogen) atoms. The number of carbonyl (C=O) groups excluding carboxylic acids is 1. The van der Waals surface area contributed by atoms with Crippen LogP contribution in [0.15, 0.2) is 35.5 Å². The Hall–Kier alpha value is -2.15. The van der Waals surface area contributed by atoms with E-state index >= 15 is 0 Å². The number of carbonyl (C=O) groups is 1. The highest BCUT2D eigenvalue weighted by Gasteiger charge is 2.27. The SMILES string of the molecule is C[C@H](C(=O)NCc1ccco1)N1CCC[C@@H](Cn2cncn2)C1. The number of hydrogen-bond donors (Lipinski definition) is 1. The number of furan rings is 1. The van der Waals surface area contributed by atoms with Crippen LogP contribution < -0.4 is 5.32 Å². The molecule has 7 nitrogen and oxygen atoms in total. The molecule has 1 fully saturated rings. The van der Waals surface area contributed by atoms with Crippen LogP contribution in [0.5, 0.6) is 0 Å². The van der Waals surface area contributed by atoms with Crippen molar-refractivity contribution in [3.63, 3.8) is 0 Å². The molecule has 1 aliphatic rings. The highest BCUT2D eigenvalue weighted by molar-refractivity contribution is 5.81. The van der Waals surface area contributed by atoms with Gasteiger partial charge in [0.15, 0.2) is 0 Å². The number of hydrogen-bond acceptors (Lipinski definition) is 5. The van der Waals surface area contributed by atoms with Crippen LogP contribution in [-0.4, -0.2) is 44.7 Å². The normalized spacial score (nSPS) is 20.3. The largest absolute Gasteiger partial charge is 0.467 e. The molecule has 0 aromatic carbocycles. The lowest BCUT2D eigenvalue weighted by Crippen LogP contribution is -2.49. The highest BCUT2D eigenvalue weighted by atomic mass is 16.3. The van der Waals surface area contributed by atoms with Gasteiger partial charge in [0, 0.05) is 13.1 Å². The first kappa shape index (κ1) is 15.7. The van der Waals surface area contributed by atoms with E-state index < -0.39 is 0 Å². The summed E-state index contributed by atoms with van der Waals surface area (Å²) in [4.78, 5) is 18.6. The lowest BCUT2D eigenvalue weighted by molar-refractivity contribution is -0.126. The molecular weight excluding hydrogens is 294 g/mol. The van der Waals surface area contributed by atoms with Gasteiger partial charge in [-0.15, -0.1) is 0 Å². The van der Waals surface area contributed by atoms with Gasteiger partial charge in [0.1, 0.15) is 18.4 Å². The summed E-state index contributed by atoms with van der Waals surface area (Å²) < 4.78 is 7.11. The second kappa shape index (κ2) is 7.41. The van der Waals surface area contributed by atoms with Crippen LogP contribution in [-0.2, 0) is 17.9 Å². The molecule has 2 atom stereocenters. The third-order valence-corrected chi connectivity index (χ3v) is 4.41. The maximum atomic E-state index is 12.3. The van der Waals surface area contributed by atoms with Crippen molar-refractivity contribution in [2.45, 2.75) is 38.9 Å². The second-order valence-electron chi connectivity index (χ2n) is 6.09. The van der Waals surface area contributed by atoms with Gasteiger partial charge in [-0.3, -0.25) is 14.4 Å². The molecule has 7 heteroatoms. The fraction of sp³-hybridized carbons (Fsp3) is 0.562. The highest BCUT2D eigenvalue weighted by Crippen LogP contribution is 2.20. The van der Waals surface area contributed by atoms with E-state index in [0.29, 0.717) is 12.5 Å². The molecule has 0 saturated carbocycles. The zero-order valence-electron chi connectivity index (χ0n) is 13.4. The van der Waals surface area contributed by atoms with Gasteiger partial charge in [0.2, 0.25) is 5.91 Å². The molecule has 0 spiro atoms. The Labute approximate surface area is 135 Å². The van der Waals surface area contributed by atoms with Crippen LogP contribution in [0.1, 0.15) is 25.5 Å². The Kier molecular flexibility index (Phi) is 5.07. The predicted molar refractivity (Wildman–Crippen MR) is 84.3 cm³/mol. The van der Waals surface area contributed by atoms with Crippen LogP contribution in [0.25, 0.3) is 0 Å². The average molecular weight is 317 g/mol. The lowest BCUT2D eigenvalue weighted by atomic mass is 9.96. The molecule has 1 saturated heterocycles. The number of aromatic nitrogens is 3.